The first-order valence-electron chi connectivity index (χ1n) is 8.01. The number of nitrogens with zero attached hydrogens (tertiary/aromatic N) is 4. The quantitative estimate of drug-likeness (QED) is 0.656. The van der Waals surface area contributed by atoms with E-state index in [4.69, 9.17) is 4.74 Å². The van der Waals surface area contributed by atoms with Crippen LogP contribution >= 0.6 is 11.8 Å². The monoisotopic (exact) mass is 374 g/mol. The van der Waals surface area contributed by atoms with Crippen LogP contribution in [0.5, 0.6) is 0 Å². The first-order valence-corrected chi connectivity index (χ1v) is 10.8. The van der Waals surface area contributed by atoms with Crippen LogP contribution in [0.15, 0.2) is 5.16 Å². The number of hydrogen-bond acceptors (Lipinski definition) is 7. The predicted octanol–water partition coefficient (Wildman–Crippen LogP) is -0.257. The Morgan fingerprint density at radius 1 is 1.33 bits per heavy atom. The van der Waals surface area contributed by atoms with Crippen molar-refractivity contribution in [2.75, 3.05) is 43.6 Å². The number of carbonyl (C=O) groups is 1. The van der Waals surface area contributed by atoms with E-state index in [1.165, 1.54) is 11.8 Å². The Kier molecular flexibility index (Phi) is 5.46. The third-order valence-corrected chi connectivity index (χ3v) is 7.25. The van der Waals surface area contributed by atoms with E-state index in [2.05, 4.69) is 10.2 Å². The highest BCUT2D eigenvalue weighted by Crippen LogP contribution is 2.23. The summed E-state index contributed by atoms with van der Waals surface area (Å²) in [5.74, 6) is 1.80. The molecule has 2 aliphatic rings. The van der Waals surface area contributed by atoms with Gasteiger partial charge in [0.1, 0.15) is 5.82 Å². The molecule has 134 valence electrons. The van der Waals surface area contributed by atoms with Crippen LogP contribution in [0.1, 0.15) is 12.2 Å². The molecule has 0 unspecified atom stereocenters. The fourth-order valence-electron chi connectivity index (χ4n) is 2.97. The Morgan fingerprint density at radius 3 is 2.75 bits per heavy atom. The van der Waals surface area contributed by atoms with Crippen LogP contribution in [-0.2, 0) is 32.8 Å². The summed E-state index contributed by atoms with van der Waals surface area (Å²) in [7, 11) is -1.02. The predicted molar refractivity (Wildman–Crippen MR) is 89.6 cm³/mol. The Bertz CT molecular complexity index is 698. The number of thioether (sulfide) groups is 1. The van der Waals surface area contributed by atoms with Crippen LogP contribution in [0.3, 0.4) is 0 Å². The third kappa shape index (κ3) is 4.28. The molecular formula is C14H22N4O4S2. The van der Waals surface area contributed by atoms with Gasteiger partial charge in [-0.05, 0) is 12.3 Å². The van der Waals surface area contributed by atoms with Gasteiger partial charge in [0.15, 0.2) is 15.0 Å². The van der Waals surface area contributed by atoms with Crippen LogP contribution in [0.2, 0.25) is 0 Å². The maximum Gasteiger partial charge on any atom is 0.233 e. The van der Waals surface area contributed by atoms with Gasteiger partial charge in [0.05, 0.1) is 30.5 Å². The lowest BCUT2D eigenvalue weighted by molar-refractivity contribution is -0.132. The Hall–Kier alpha value is -1.13. The molecular weight excluding hydrogens is 352 g/mol. The van der Waals surface area contributed by atoms with Gasteiger partial charge in [-0.2, -0.15) is 0 Å². The fourth-order valence-corrected chi connectivity index (χ4v) is 5.66. The maximum atomic E-state index is 12.2. The van der Waals surface area contributed by atoms with E-state index in [0.29, 0.717) is 50.1 Å². The van der Waals surface area contributed by atoms with Crippen LogP contribution in [0.25, 0.3) is 0 Å². The Morgan fingerprint density at radius 2 is 2.08 bits per heavy atom. The van der Waals surface area contributed by atoms with Crippen molar-refractivity contribution in [1.29, 1.82) is 0 Å². The molecule has 3 heterocycles. The number of hydrogen-bond donors (Lipinski definition) is 0. The van der Waals surface area contributed by atoms with Gasteiger partial charge in [0.25, 0.3) is 0 Å². The molecule has 1 aromatic rings. The molecule has 3 rings (SSSR count). The summed E-state index contributed by atoms with van der Waals surface area (Å²) in [5, 5.41) is 9.00. The molecule has 1 amide bonds. The van der Waals surface area contributed by atoms with Gasteiger partial charge >= 0.3 is 0 Å². The summed E-state index contributed by atoms with van der Waals surface area (Å²) in [4.78, 5) is 14.0. The number of sulfone groups is 1. The minimum atomic E-state index is -2.88. The molecule has 2 aliphatic heterocycles. The minimum Gasteiger partial charge on any atom is -0.378 e. The second-order valence-corrected chi connectivity index (χ2v) is 9.38. The summed E-state index contributed by atoms with van der Waals surface area (Å²) >= 11 is 1.37. The van der Waals surface area contributed by atoms with Crippen LogP contribution in [0.4, 0.5) is 0 Å². The van der Waals surface area contributed by atoms with Crippen LogP contribution in [-0.4, -0.2) is 77.6 Å². The number of ether oxygens (including phenoxy) is 1. The van der Waals surface area contributed by atoms with Crippen molar-refractivity contribution in [1.82, 2.24) is 19.7 Å². The number of amides is 1. The molecule has 0 aromatic carbocycles. The molecule has 0 bridgehead atoms. The lowest BCUT2D eigenvalue weighted by Gasteiger charge is -2.26. The number of aromatic nitrogens is 3. The highest BCUT2D eigenvalue weighted by molar-refractivity contribution is 7.99. The first-order chi connectivity index (χ1) is 11.4. The number of rotatable bonds is 5. The zero-order valence-corrected chi connectivity index (χ0v) is 15.3. The lowest BCUT2D eigenvalue weighted by atomic mass is 10.1. The number of carbonyl (C=O) groups excluding carboxylic acids is 1. The molecule has 0 aliphatic carbocycles. The summed E-state index contributed by atoms with van der Waals surface area (Å²) in [6.07, 6.45) is 1.30. The molecule has 0 saturated carbocycles. The lowest BCUT2D eigenvalue weighted by Crippen LogP contribution is -2.41. The molecule has 0 spiro atoms. The van der Waals surface area contributed by atoms with Crippen molar-refractivity contribution >= 4 is 27.5 Å². The van der Waals surface area contributed by atoms with Gasteiger partial charge in [-0.3, -0.25) is 4.79 Å². The first kappa shape index (κ1) is 17.7. The van der Waals surface area contributed by atoms with E-state index >= 15 is 0 Å². The van der Waals surface area contributed by atoms with Gasteiger partial charge in [-0.15, -0.1) is 10.2 Å². The van der Waals surface area contributed by atoms with E-state index in [1.54, 1.807) is 4.90 Å². The molecule has 8 nitrogen and oxygen atoms in total. The van der Waals surface area contributed by atoms with E-state index in [-0.39, 0.29) is 23.3 Å². The summed E-state index contributed by atoms with van der Waals surface area (Å²) in [6.45, 7) is 2.46. The zero-order chi connectivity index (χ0) is 17.2. The standard InChI is InChI=1S/C14H22N4O4S2/c1-17-12(8-11-2-7-24(20,21)10-11)15-16-14(17)23-9-13(19)18-3-5-22-6-4-18/h11H,2-10H2,1H3/t11-/m0/s1. The summed E-state index contributed by atoms with van der Waals surface area (Å²) < 4.78 is 30.2. The van der Waals surface area contributed by atoms with Crippen molar-refractivity contribution in [2.24, 2.45) is 13.0 Å². The molecule has 2 fully saturated rings. The second kappa shape index (κ2) is 7.40. The largest absolute Gasteiger partial charge is 0.378 e. The van der Waals surface area contributed by atoms with Crippen molar-refractivity contribution in [3.8, 4) is 0 Å². The SMILES string of the molecule is Cn1c(C[C@@H]2CCS(=O)(=O)C2)nnc1SCC(=O)N1CCOCC1. The van der Waals surface area contributed by atoms with Crippen LogP contribution < -0.4 is 0 Å². The van der Waals surface area contributed by atoms with E-state index in [0.717, 1.165) is 5.82 Å². The van der Waals surface area contributed by atoms with E-state index in [9.17, 15) is 13.2 Å². The molecule has 1 atom stereocenters. The Labute approximate surface area is 145 Å². The fraction of sp³-hybridized carbons (Fsp3) is 0.786. The average molecular weight is 374 g/mol. The maximum absolute atomic E-state index is 12.2. The third-order valence-electron chi connectivity index (χ3n) is 4.41. The highest BCUT2D eigenvalue weighted by Gasteiger charge is 2.29. The van der Waals surface area contributed by atoms with Crippen molar-refractivity contribution in [3.63, 3.8) is 0 Å². The summed E-state index contributed by atoms with van der Waals surface area (Å²) in [6, 6.07) is 0. The van der Waals surface area contributed by atoms with Crippen molar-refractivity contribution in [3.05, 3.63) is 5.82 Å². The second-order valence-electron chi connectivity index (χ2n) is 6.21. The van der Waals surface area contributed by atoms with E-state index < -0.39 is 9.84 Å². The molecule has 1 aromatic heterocycles. The smallest absolute Gasteiger partial charge is 0.233 e. The molecule has 0 radical (unpaired) electrons. The van der Waals surface area contributed by atoms with Crippen molar-refractivity contribution in [2.45, 2.75) is 18.0 Å². The van der Waals surface area contributed by atoms with Gasteiger partial charge in [0.2, 0.25) is 5.91 Å². The van der Waals surface area contributed by atoms with Gasteiger partial charge in [-0.1, -0.05) is 11.8 Å². The zero-order valence-electron chi connectivity index (χ0n) is 13.7. The normalized spacial score (nSPS) is 23.5. The van der Waals surface area contributed by atoms with E-state index in [1.807, 2.05) is 11.6 Å². The van der Waals surface area contributed by atoms with Gasteiger partial charge < -0.3 is 14.2 Å². The van der Waals surface area contributed by atoms with Crippen LogP contribution in [0, 0.1) is 5.92 Å². The van der Waals surface area contributed by atoms with Gasteiger partial charge in [0, 0.05) is 26.6 Å². The van der Waals surface area contributed by atoms with Crippen molar-refractivity contribution < 1.29 is 17.9 Å². The minimum absolute atomic E-state index is 0.0785. The topological polar surface area (TPSA) is 94.4 Å². The molecule has 2 saturated heterocycles. The average Bonchev–Trinajstić information content (AvgIpc) is 3.09. The Balaban J connectivity index is 1.54. The molecule has 10 heteroatoms. The highest BCUT2D eigenvalue weighted by atomic mass is 32.2. The molecule has 0 N–H and O–H groups in total. The number of morpholine rings is 1. The van der Waals surface area contributed by atoms with Gasteiger partial charge in [-0.25, -0.2) is 8.42 Å². The molecule has 24 heavy (non-hydrogen) atoms. The summed E-state index contributed by atoms with van der Waals surface area (Å²) in [5.41, 5.74) is 0.